The zero-order valence-corrected chi connectivity index (χ0v) is 19.7. The summed E-state index contributed by atoms with van der Waals surface area (Å²) in [6, 6.07) is 15.5. The van der Waals surface area contributed by atoms with Gasteiger partial charge in [0.1, 0.15) is 0 Å². The fraction of sp³-hybridized carbons (Fsp3) is 0.458. The summed E-state index contributed by atoms with van der Waals surface area (Å²) in [4.78, 5) is 12.4. The van der Waals surface area contributed by atoms with Crippen LogP contribution in [0.3, 0.4) is 0 Å². The number of carbonyl (C=O) groups excluding carboxylic acids is 1. The lowest BCUT2D eigenvalue weighted by Gasteiger charge is -2.23. The summed E-state index contributed by atoms with van der Waals surface area (Å²) in [6.07, 6.45) is 1.90. The van der Waals surface area contributed by atoms with Crippen LogP contribution in [0.4, 0.5) is 5.69 Å². The van der Waals surface area contributed by atoms with Gasteiger partial charge in [-0.2, -0.15) is 0 Å². The van der Waals surface area contributed by atoms with Crippen LogP contribution in [0.1, 0.15) is 63.3 Å². The van der Waals surface area contributed by atoms with Crippen molar-refractivity contribution < 1.29 is 13.2 Å². The average Bonchev–Trinajstić information content (AvgIpc) is 2.64. The molecule has 0 spiro atoms. The van der Waals surface area contributed by atoms with Gasteiger partial charge in [-0.3, -0.25) is 9.10 Å². The van der Waals surface area contributed by atoms with Crippen LogP contribution in [0.5, 0.6) is 0 Å². The highest BCUT2D eigenvalue weighted by atomic mass is 32.2. The van der Waals surface area contributed by atoms with E-state index in [1.54, 1.807) is 12.1 Å². The van der Waals surface area contributed by atoms with Gasteiger partial charge in [-0.05, 0) is 48.9 Å². The Balaban J connectivity index is 1.92. The number of anilines is 1. The fourth-order valence-electron chi connectivity index (χ4n) is 3.25. The Labute approximate surface area is 181 Å². The van der Waals surface area contributed by atoms with Crippen LogP contribution in [0.25, 0.3) is 0 Å². The SMILES string of the molecule is Cc1ccc(N(CCCC(=O)N[C@@H](C)c2ccc(C(C)(C)C)cc2)S(C)(=O)=O)cc1. The van der Waals surface area contributed by atoms with Gasteiger partial charge >= 0.3 is 0 Å². The first-order chi connectivity index (χ1) is 13.9. The fourth-order valence-corrected chi connectivity index (χ4v) is 4.21. The first kappa shape index (κ1) is 23.9. The predicted octanol–water partition coefficient (Wildman–Crippen LogP) is 4.72. The average molecular weight is 431 g/mol. The van der Waals surface area contributed by atoms with E-state index in [-0.39, 0.29) is 30.3 Å². The third-order valence-corrected chi connectivity index (χ3v) is 6.34. The zero-order chi connectivity index (χ0) is 22.5. The second-order valence-electron chi connectivity index (χ2n) is 8.94. The van der Waals surface area contributed by atoms with E-state index in [1.165, 1.54) is 16.1 Å². The van der Waals surface area contributed by atoms with E-state index in [4.69, 9.17) is 0 Å². The van der Waals surface area contributed by atoms with Crippen molar-refractivity contribution in [3.8, 4) is 0 Å². The second kappa shape index (κ2) is 9.65. The summed E-state index contributed by atoms with van der Waals surface area (Å²) in [5.41, 5.74) is 4.08. The largest absolute Gasteiger partial charge is 0.350 e. The van der Waals surface area contributed by atoms with Crippen LogP contribution in [0.2, 0.25) is 0 Å². The molecule has 0 fully saturated rings. The van der Waals surface area contributed by atoms with Crippen molar-refractivity contribution in [2.75, 3.05) is 17.1 Å². The molecule has 30 heavy (non-hydrogen) atoms. The number of aryl methyl sites for hydroxylation is 1. The minimum atomic E-state index is -3.41. The number of rotatable bonds is 8. The molecule has 0 saturated carbocycles. The molecule has 2 aromatic carbocycles. The van der Waals surface area contributed by atoms with Gasteiger partial charge in [0, 0.05) is 13.0 Å². The van der Waals surface area contributed by atoms with Crippen molar-refractivity contribution in [2.24, 2.45) is 0 Å². The number of sulfonamides is 1. The maximum Gasteiger partial charge on any atom is 0.232 e. The van der Waals surface area contributed by atoms with E-state index in [0.29, 0.717) is 12.1 Å². The molecular formula is C24H34N2O3S. The molecule has 0 aliphatic carbocycles. The van der Waals surface area contributed by atoms with Crippen molar-refractivity contribution in [2.45, 2.75) is 58.9 Å². The maximum atomic E-state index is 12.4. The first-order valence-corrected chi connectivity index (χ1v) is 12.2. The molecule has 0 heterocycles. The second-order valence-corrected chi connectivity index (χ2v) is 10.8. The van der Waals surface area contributed by atoms with Gasteiger partial charge in [0.2, 0.25) is 15.9 Å². The number of hydrogen-bond donors (Lipinski definition) is 1. The molecule has 1 atom stereocenters. The molecule has 0 aliphatic rings. The smallest absolute Gasteiger partial charge is 0.232 e. The highest BCUT2D eigenvalue weighted by molar-refractivity contribution is 7.92. The van der Waals surface area contributed by atoms with E-state index in [0.717, 1.165) is 11.1 Å². The Bertz CT molecular complexity index is 943. The molecule has 0 aliphatic heterocycles. The summed E-state index contributed by atoms with van der Waals surface area (Å²) in [5, 5.41) is 3.01. The van der Waals surface area contributed by atoms with Gasteiger partial charge in [0.25, 0.3) is 0 Å². The highest BCUT2D eigenvalue weighted by Crippen LogP contribution is 2.24. The van der Waals surface area contributed by atoms with Crippen LogP contribution < -0.4 is 9.62 Å². The molecule has 1 N–H and O–H groups in total. The molecule has 1 amide bonds. The standard InChI is InChI=1S/C24H34N2O3S/c1-18-9-15-22(16-10-18)26(30(6,28)29)17-7-8-23(27)25-19(2)20-11-13-21(14-12-20)24(3,4)5/h9-16,19H,7-8,17H2,1-6H3,(H,25,27)/t19-/m0/s1. The number of amides is 1. The molecule has 0 saturated heterocycles. The van der Waals surface area contributed by atoms with Gasteiger partial charge in [-0.1, -0.05) is 62.7 Å². The van der Waals surface area contributed by atoms with E-state index in [9.17, 15) is 13.2 Å². The van der Waals surface area contributed by atoms with Gasteiger partial charge < -0.3 is 5.32 Å². The van der Waals surface area contributed by atoms with Crippen molar-refractivity contribution in [3.05, 3.63) is 65.2 Å². The lowest BCUT2D eigenvalue weighted by Crippen LogP contribution is -2.32. The van der Waals surface area contributed by atoms with Gasteiger partial charge in [0.15, 0.2) is 0 Å². The van der Waals surface area contributed by atoms with E-state index in [2.05, 4.69) is 38.2 Å². The van der Waals surface area contributed by atoms with E-state index in [1.807, 2.05) is 38.1 Å². The quantitative estimate of drug-likeness (QED) is 0.659. The van der Waals surface area contributed by atoms with E-state index >= 15 is 0 Å². The summed E-state index contributed by atoms with van der Waals surface area (Å²) >= 11 is 0. The van der Waals surface area contributed by atoms with Crippen LogP contribution in [-0.2, 0) is 20.2 Å². The molecule has 2 aromatic rings. The molecule has 164 valence electrons. The van der Waals surface area contributed by atoms with Crippen molar-refractivity contribution in [1.29, 1.82) is 0 Å². The van der Waals surface area contributed by atoms with Crippen LogP contribution >= 0.6 is 0 Å². The van der Waals surface area contributed by atoms with Crippen LogP contribution in [0, 0.1) is 6.92 Å². The third kappa shape index (κ3) is 6.87. The Kier molecular flexibility index (Phi) is 7.70. The van der Waals surface area contributed by atoms with Gasteiger partial charge in [0.05, 0.1) is 18.0 Å². The summed E-state index contributed by atoms with van der Waals surface area (Å²) in [5.74, 6) is -0.0836. The number of nitrogens with one attached hydrogen (secondary N) is 1. The number of hydrogen-bond acceptors (Lipinski definition) is 3. The number of benzene rings is 2. The van der Waals surface area contributed by atoms with Crippen molar-refractivity contribution in [3.63, 3.8) is 0 Å². The van der Waals surface area contributed by atoms with Crippen molar-refractivity contribution in [1.82, 2.24) is 5.32 Å². The Hall–Kier alpha value is -2.34. The molecule has 6 heteroatoms. The van der Waals surface area contributed by atoms with Crippen LogP contribution in [-0.4, -0.2) is 27.1 Å². The number of nitrogens with zero attached hydrogens (tertiary/aromatic N) is 1. The Morgan fingerprint density at radius 1 is 1.03 bits per heavy atom. The van der Waals surface area contributed by atoms with E-state index < -0.39 is 10.0 Å². The first-order valence-electron chi connectivity index (χ1n) is 10.3. The number of carbonyl (C=O) groups is 1. The molecule has 0 bridgehead atoms. The van der Waals surface area contributed by atoms with Gasteiger partial charge in [-0.15, -0.1) is 0 Å². The summed E-state index contributed by atoms with van der Waals surface area (Å²) in [6.45, 7) is 10.7. The van der Waals surface area contributed by atoms with Crippen molar-refractivity contribution >= 4 is 21.6 Å². The third-order valence-electron chi connectivity index (χ3n) is 5.14. The molecule has 0 radical (unpaired) electrons. The van der Waals surface area contributed by atoms with Gasteiger partial charge in [-0.25, -0.2) is 8.42 Å². The highest BCUT2D eigenvalue weighted by Gasteiger charge is 2.18. The normalized spacial score (nSPS) is 13.0. The summed E-state index contributed by atoms with van der Waals surface area (Å²) in [7, 11) is -3.41. The maximum absolute atomic E-state index is 12.4. The topological polar surface area (TPSA) is 66.5 Å². The lowest BCUT2D eigenvalue weighted by atomic mass is 9.86. The monoisotopic (exact) mass is 430 g/mol. The lowest BCUT2D eigenvalue weighted by molar-refractivity contribution is -0.121. The molecular weight excluding hydrogens is 396 g/mol. The Morgan fingerprint density at radius 2 is 1.60 bits per heavy atom. The molecule has 0 aromatic heterocycles. The molecule has 5 nitrogen and oxygen atoms in total. The summed E-state index contributed by atoms with van der Waals surface area (Å²) < 4.78 is 25.7. The zero-order valence-electron chi connectivity index (χ0n) is 18.9. The Morgan fingerprint density at radius 3 is 2.10 bits per heavy atom. The molecule has 2 rings (SSSR count). The minimum absolute atomic E-state index is 0.0836. The molecule has 0 unspecified atom stereocenters. The minimum Gasteiger partial charge on any atom is -0.350 e. The predicted molar refractivity (Wildman–Crippen MR) is 124 cm³/mol. The van der Waals surface area contributed by atoms with Crippen LogP contribution in [0.15, 0.2) is 48.5 Å².